The van der Waals surface area contributed by atoms with Crippen LogP contribution in [0.25, 0.3) is 0 Å². The van der Waals surface area contributed by atoms with Crippen molar-refractivity contribution >= 4 is 11.7 Å². The highest BCUT2D eigenvalue weighted by molar-refractivity contribution is 5.94. The summed E-state index contributed by atoms with van der Waals surface area (Å²) < 4.78 is 0. The molecule has 0 spiro atoms. The number of carbonyl (C=O) groups excluding carboxylic acids is 1. The summed E-state index contributed by atoms with van der Waals surface area (Å²) in [5, 5.41) is 23.6. The van der Waals surface area contributed by atoms with E-state index in [-0.39, 0.29) is 5.91 Å². The Morgan fingerprint density at radius 1 is 1.25 bits per heavy atom. The topological polar surface area (TPSA) is 90.7 Å². The summed E-state index contributed by atoms with van der Waals surface area (Å²) in [6.45, 7) is 4.47. The smallest absolute Gasteiger partial charge is 0.251 e. The second kappa shape index (κ2) is 8.06. The molecule has 6 nitrogen and oxygen atoms in total. The van der Waals surface area contributed by atoms with Gasteiger partial charge < -0.3 is 10.6 Å². The van der Waals surface area contributed by atoms with Gasteiger partial charge in [-0.3, -0.25) is 4.79 Å². The third-order valence-corrected chi connectivity index (χ3v) is 3.83. The van der Waals surface area contributed by atoms with E-state index in [1.54, 1.807) is 13.1 Å². The Morgan fingerprint density at radius 2 is 2.04 bits per heavy atom. The lowest BCUT2D eigenvalue weighted by molar-refractivity contribution is 0.0963. The number of hydrogen-bond donors (Lipinski definition) is 2. The van der Waals surface area contributed by atoms with Crippen LogP contribution in [-0.2, 0) is 19.4 Å². The standard InChI is InChI=1S/C18H21N5O/c1-4-14-15(10-19)17(23-22-16(14)5-2)21-11-12-7-6-8-13(9-12)18(24)20-3/h6-9H,4-5,11H2,1-3H3,(H,20,24)(H,21,23). The van der Waals surface area contributed by atoms with Gasteiger partial charge in [0, 0.05) is 19.2 Å². The molecule has 1 heterocycles. The van der Waals surface area contributed by atoms with Crippen LogP contribution in [0, 0.1) is 11.3 Å². The summed E-state index contributed by atoms with van der Waals surface area (Å²) in [4.78, 5) is 11.7. The van der Waals surface area contributed by atoms with Crippen molar-refractivity contribution < 1.29 is 4.79 Å². The molecule has 0 unspecified atom stereocenters. The van der Waals surface area contributed by atoms with Crippen LogP contribution in [-0.4, -0.2) is 23.2 Å². The molecular weight excluding hydrogens is 302 g/mol. The minimum Gasteiger partial charge on any atom is -0.363 e. The normalized spacial score (nSPS) is 10.1. The number of nitriles is 1. The van der Waals surface area contributed by atoms with Gasteiger partial charge in [0.15, 0.2) is 5.82 Å². The van der Waals surface area contributed by atoms with Gasteiger partial charge in [0.1, 0.15) is 11.6 Å². The van der Waals surface area contributed by atoms with E-state index in [0.29, 0.717) is 23.5 Å². The summed E-state index contributed by atoms with van der Waals surface area (Å²) in [6, 6.07) is 9.55. The Hall–Kier alpha value is -2.94. The molecule has 124 valence electrons. The maximum Gasteiger partial charge on any atom is 0.251 e. The molecule has 6 heteroatoms. The molecule has 0 aliphatic heterocycles. The van der Waals surface area contributed by atoms with E-state index in [0.717, 1.165) is 29.7 Å². The molecule has 0 saturated carbocycles. The van der Waals surface area contributed by atoms with Gasteiger partial charge in [-0.1, -0.05) is 26.0 Å². The molecule has 0 aliphatic rings. The van der Waals surface area contributed by atoms with Crippen LogP contribution >= 0.6 is 0 Å². The SMILES string of the molecule is CCc1nnc(NCc2cccc(C(=O)NC)c2)c(C#N)c1CC. The number of aromatic nitrogens is 2. The number of aryl methyl sites for hydroxylation is 1. The average Bonchev–Trinajstić information content (AvgIpc) is 2.64. The molecule has 0 atom stereocenters. The van der Waals surface area contributed by atoms with Gasteiger partial charge in [-0.05, 0) is 36.1 Å². The largest absolute Gasteiger partial charge is 0.363 e. The van der Waals surface area contributed by atoms with Crippen molar-refractivity contribution in [2.24, 2.45) is 0 Å². The summed E-state index contributed by atoms with van der Waals surface area (Å²) in [7, 11) is 1.60. The van der Waals surface area contributed by atoms with Crippen LogP contribution in [0.4, 0.5) is 5.82 Å². The number of rotatable bonds is 6. The van der Waals surface area contributed by atoms with Crippen LogP contribution in [0.2, 0.25) is 0 Å². The number of carbonyl (C=O) groups is 1. The van der Waals surface area contributed by atoms with Crippen molar-refractivity contribution in [3.8, 4) is 6.07 Å². The average molecular weight is 323 g/mol. The molecule has 1 aromatic heterocycles. The van der Waals surface area contributed by atoms with Crippen molar-refractivity contribution in [3.63, 3.8) is 0 Å². The fourth-order valence-electron chi connectivity index (χ4n) is 2.57. The Labute approximate surface area is 141 Å². The van der Waals surface area contributed by atoms with Gasteiger partial charge in [-0.25, -0.2) is 0 Å². The Kier molecular flexibility index (Phi) is 5.85. The fourth-order valence-corrected chi connectivity index (χ4v) is 2.57. The Bertz CT molecular complexity index is 779. The summed E-state index contributed by atoms with van der Waals surface area (Å²) in [5.41, 5.74) is 3.88. The van der Waals surface area contributed by atoms with Crippen molar-refractivity contribution in [3.05, 3.63) is 52.2 Å². The molecule has 0 aliphatic carbocycles. The number of hydrogen-bond acceptors (Lipinski definition) is 5. The zero-order valence-corrected chi connectivity index (χ0v) is 14.2. The maximum absolute atomic E-state index is 11.7. The van der Waals surface area contributed by atoms with E-state index >= 15 is 0 Å². The number of nitrogens with zero attached hydrogens (tertiary/aromatic N) is 3. The summed E-state index contributed by atoms with van der Waals surface area (Å²) in [5.74, 6) is 0.354. The third-order valence-electron chi connectivity index (χ3n) is 3.83. The van der Waals surface area contributed by atoms with E-state index in [9.17, 15) is 10.1 Å². The van der Waals surface area contributed by atoms with Gasteiger partial charge >= 0.3 is 0 Å². The maximum atomic E-state index is 11.7. The van der Waals surface area contributed by atoms with Crippen LogP contribution < -0.4 is 10.6 Å². The molecule has 2 aromatic rings. The number of benzene rings is 1. The zero-order chi connectivity index (χ0) is 17.5. The molecule has 0 bridgehead atoms. The van der Waals surface area contributed by atoms with Crippen LogP contribution in [0.15, 0.2) is 24.3 Å². The van der Waals surface area contributed by atoms with Gasteiger partial charge in [0.05, 0.1) is 5.69 Å². The monoisotopic (exact) mass is 323 g/mol. The molecule has 0 saturated heterocycles. The first-order valence-corrected chi connectivity index (χ1v) is 7.97. The quantitative estimate of drug-likeness (QED) is 0.852. The fraction of sp³-hybridized carbons (Fsp3) is 0.333. The molecular formula is C18H21N5O. The highest BCUT2D eigenvalue weighted by atomic mass is 16.1. The van der Waals surface area contributed by atoms with Crippen molar-refractivity contribution in [2.75, 3.05) is 12.4 Å². The second-order valence-corrected chi connectivity index (χ2v) is 5.30. The van der Waals surface area contributed by atoms with Crippen LogP contribution in [0.3, 0.4) is 0 Å². The number of amides is 1. The van der Waals surface area contributed by atoms with E-state index < -0.39 is 0 Å². The molecule has 1 aromatic carbocycles. The van der Waals surface area contributed by atoms with E-state index in [4.69, 9.17) is 0 Å². The van der Waals surface area contributed by atoms with E-state index in [1.807, 2.05) is 32.0 Å². The molecule has 24 heavy (non-hydrogen) atoms. The number of anilines is 1. The molecule has 2 rings (SSSR count). The molecule has 0 fully saturated rings. The summed E-state index contributed by atoms with van der Waals surface area (Å²) >= 11 is 0. The predicted octanol–water partition coefficient (Wildman–Crippen LogP) is 2.44. The molecule has 2 N–H and O–H groups in total. The highest BCUT2D eigenvalue weighted by Crippen LogP contribution is 2.20. The minimum absolute atomic E-state index is 0.130. The highest BCUT2D eigenvalue weighted by Gasteiger charge is 2.14. The Balaban J connectivity index is 2.24. The minimum atomic E-state index is -0.130. The number of nitrogens with one attached hydrogen (secondary N) is 2. The summed E-state index contributed by atoms with van der Waals surface area (Å²) in [6.07, 6.45) is 1.49. The molecule has 1 amide bonds. The zero-order valence-electron chi connectivity index (χ0n) is 14.2. The second-order valence-electron chi connectivity index (χ2n) is 5.30. The molecule has 0 radical (unpaired) electrons. The van der Waals surface area contributed by atoms with Crippen LogP contribution in [0.5, 0.6) is 0 Å². The van der Waals surface area contributed by atoms with Crippen molar-refractivity contribution in [1.29, 1.82) is 5.26 Å². The first-order valence-electron chi connectivity index (χ1n) is 7.97. The predicted molar refractivity (Wildman–Crippen MR) is 92.7 cm³/mol. The lowest BCUT2D eigenvalue weighted by Gasteiger charge is -2.12. The Morgan fingerprint density at radius 3 is 2.67 bits per heavy atom. The van der Waals surface area contributed by atoms with Gasteiger partial charge in [0.25, 0.3) is 5.91 Å². The van der Waals surface area contributed by atoms with Crippen LogP contribution in [0.1, 0.15) is 46.6 Å². The first kappa shape index (κ1) is 17.4. The van der Waals surface area contributed by atoms with Gasteiger partial charge in [-0.2, -0.15) is 10.4 Å². The third kappa shape index (κ3) is 3.69. The van der Waals surface area contributed by atoms with Crippen molar-refractivity contribution in [2.45, 2.75) is 33.2 Å². The first-order chi connectivity index (χ1) is 11.6. The van der Waals surface area contributed by atoms with Gasteiger partial charge in [0.2, 0.25) is 0 Å². The van der Waals surface area contributed by atoms with E-state index in [2.05, 4.69) is 26.9 Å². The lowest BCUT2D eigenvalue weighted by atomic mass is 10.0. The van der Waals surface area contributed by atoms with Crippen molar-refractivity contribution in [1.82, 2.24) is 15.5 Å². The van der Waals surface area contributed by atoms with E-state index in [1.165, 1.54) is 0 Å². The van der Waals surface area contributed by atoms with Gasteiger partial charge in [-0.15, -0.1) is 5.10 Å². The lowest BCUT2D eigenvalue weighted by Crippen LogP contribution is -2.18.